The minimum atomic E-state index is -5.15. The number of hydrogen-bond acceptors (Lipinski definition) is 15. The first-order chi connectivity index (χ1) is 19.9. The minimum absolute atomic E-state index is 0.0281. The number of aliphatic hydroxyl groups is 3. The molecule has 4 aromatic rings. The number of halogens is 1. The van der Waals surface area contributed by atoms with Crippen LogP contribution in [-0.2, 0) is 23.1 Å². The molecule has 3 fully saturated rings. The first kappa shape index (κ1) is 27.2. The molecule has 3 aliphatic rings. The molecule has 224 valence electrons. The van der Waals surface area contributed by atoms with E-state index in [4.69, 9.17) is 24.3 Å². The smallest absolute Gasteiger partial charge is 0.387 e. The van der Waals surface area contributed by atoms with Crippen LogP contribution in [0.1, 0.15) is 12.5 Å². The number of fused-ring (bicyclic) bond motifs is 3. The van der Waals surface area contributed by atoms with Gasteiger partial charge in [-0.3, -0.25) is 32.8 Å². The molecule has 0 aromatic carbocycles. The van der Waals surface area contributed by atoms with Crippen molar-refractivity contribution in [2.75, 3.05) is 12.3 Å². The maximum atomic E-state index is 15.0. The molecule has 22 heteroatoms. The van der Waals surface area contributed by atoms with Crippen molar-refractivity contribution in [3.05, 3.63) is 39.7 Å². The topological polar surface area (TPSA) is 288 Å². The van der Waals surface area contributed by atoms with E-state index in [1.54, 1.807) is 0 Å². The number of imidazole rings is 2. The molecule has 0 bridgehead atoms. The van der Waals surface area contributed by atoms with Gasteiger partial charge in [0.15, 0.2) is 46.6 Å². The summed E-state index contributed by atoms with van der Waals surface area (Å²) in [6, 6.07) is 0. The van der Waals surface area contributed by atoms with Crippen LogP contribution in [0.4, 0.5) is 10.3 Å². The Morgan fingerprint density at radius 2 is 1.79 bits per heavy atom. The second-order valence-corrected chi connectivity index (χ2v) is 11.3. The molecular formula is C20H21FN9O11P. The van der Waals surface area contributed by atoms with Crippen molar-refractivity contribution in [1.82, 2.24) is 39.0 Å². The number of alkyl halides is 1. The van der Waals surface area contributed by atoms with E-state index < -0.39 is 80.3 Å². The molecule has 1 aliphatic carbocycles. The Morgan fingerprint density at radius 1 is 1.10 bits per heavy atom. The largest absolute Gasteiger partial charge is 0.472 e. The Morgan fingerprint density at radius 3 is 2.52 bits per heavy atom. The summed E-state index contributed by atoms with van der Waals surface area (Å²) in [4.78, 5) is 54.9. The van der Waals surface area contributed by atoms with E-state index in [2.05, 4.69) is 29.9 Å². The van der Waals surface area contributed by atoms with Gasteiger partial charge >= 0.3 is 7.82 Å². The van der Waals surface area contributed by atoms with Crippen molar-refractivity contribution in [3.8, 4) is 0 Å². The highest BCUT2D eigenvalue weighted by molar-refractivity contribution is 7.47. The molecule has 0 amide bonds. The van der Waals surface area contributed by atoms with Crippen molar-refractivity contribution in [1.29, 1.82) is 0 Å². The number of H-pyrrole nitrogens is 2. The standard InChI is InChI=1S/C20H21FN9O11P/c21-6-9(31)5(39-17(6)29-3-25-7-13(29)23-2-24-15(7)33)1-38-42(36,37)41-12-18(40-11-10(32)20(11,12)35)30-4-26-8-14(30)27-19(22)28-16(8)34/h2-6,9-12,17-18,31-32,35H,1H2,(H,36,37)(H,23,24,33)(H3,22,27,28,34)/t5-,6+,9-,10?,11-,12?,17-,18-,20-/m1/s1. The molecule has 0 spiro atoms. The van der Waals surface area contributed by atoms with Crippen LogP contribution in [0.5, 0.6) is 0 Å². The molecule has 6 heterocycles. The summed E-state index contributed by atoms with van der Waals surface area (Å²) < 4.78 is 51.6. The van der Waals surface area contributed by atoms with Crippen molar-refractivity contribution in [3.63, 3.8) is 0 Å². The molecule has 7 rings (SSSR count). The van der Waals surface area contributed by atoms with Crippen molar-refractivity contribution in [2.24, 2.45) is 0 Å². The lowest BCUT2D eigenvalue weighted by molar-refractivity contribution is -0.0969. The molecule has 3 unspecified atom stereocenters. The summed E-state index contributed by atoms with van der Waals surface area (Å²) in [5.41, 5.74) is 1.80. The summed E-state index contributed by atoms with van der Waals surface area (Å²) in [7, 11) is -5.15. The van der Waals surface area contributed by atoms with Gasteiger partial charge in [0.25, 0.3) is 11.1 Å². The van der Waals surface area contributed by atoms with Crippen LogP contribution in [0.2, 0.25) is 0 Å². The van der Waals surface area contributed by atoms with E-state index in [0.29, 0.717) is 0 Å². The number of phosphoric ester groups is 1. The quantitative estimate of drug-likeness (QED) is 0.102. The molecule has 8 N–H and O–H groups in total. The molecule has 2 saturated heterocycles. The lowest BCUT2D eigenvalue weighted by Gasteiger charge is -2.28. The van der Waals surface area contributed by atoms with E-state index in [9.17, 15) is 34.4 Å². The molecule has 20 nitrogen and oxygen atoms in total. The maximum absolute atomic E-state index is 15.0. The lowest BCUT2D eigenvalue weighted by atomic mass is 10.1. The summed E-state index contributed by atoms with van der Waals surface area (Å²) in [5, 5.41) is 31.5. The van der Waals surface area contributed by atoms with E-state index in [0.717, 1.165) is 28.1 Å². The molecule has 10 atom stereocenters. The number of hydrogen-bond donors (Lipinski definition) is 7. The Labute approximate surface area is 230 Å². The number of nitrogen functional groups attached to an aromatic ring is 1. The summed E-state index contributed by atoms with van der Waals surface area (Å²) >= 11 is 0. The number of aromatic nitrogens is 8. The van der Waals surface area contributed by atoms with Gasteiger partial charge in [-0.25, -0.2) is 23.9 Å². The second kappa shape index (κ2) is 9.17. The Bertz CT molecular complexity index is 1880. The minimum Gasteiger partial charge on any atom is -0.387 e. The van der Waals surface area contributed by atoms with Gasteiger partial charge in [-0.05, 0) is 0 Å². The Kier molecular flexibility index (Phi) is 5.94. The van der Waals surface area contributed by atoms with Gasteiger partial charge in [-0.2, -0.15) is 4.98 Å². The highest BCUT2D eigenvalue weighted by Gasteiger charge is 2.78. The number of aliphatic hydroxyl groups excluding tert-OH is 2. The Hall–Kier alpha value is -3.66. The number of ether oxygens (including phenoxy) is 2. The van der Waals surface area contributed by atoms with E-state index in [1.165, 1.54) is 0 Å². The van der Waals surface area contributed by atoms with Crippen LogP contribution in [-0.4, -0.2) is 108 Å². The van der Waals surface area contributed by atoms with Gasteiger partial charge < -0.3 is 40.4 Å². The van der Waals surface area contributed by atoms with Crippen molar-refractivity contribution >= 4 is 36.1 Å². The van der Waals surface area contributed by atoms with Crippen LogP contribution in [0.25, 0.3) is 22.3 Å². The second-order valence-electron chi connectivity index (χ2n) is 9.90. The van der Waals surface area contributed by atoms with E-state index in [1.807, 2.05) is 0 Å². The maximum Gasteiger partial charge on any atom is 0.472 e. The zero-order valence-electron chi connectivity index (χ0n) is 20.8. The van der Waals surface area contributed by atoms with Crippen LogP contribution in [0.15, 0.2) is 28.6 Å². The zero-order valence-corrected chi connectivity index (χ0v) is 21.7. The van der Waals surface area contributed by atoms with E-state index in [-0.39, 0.29) is 28.3 Å². The summed E-state index contributed by atoms with van der Waals surface area (Å²) in [5.74, 6) is -0.268. The fraction of sp³-hybridized carbons (Fsp3) is 0.500. The molecule has 2 aliphatic heterocycles. The fourth-order valence-electron chi connectivity index (χ4n) is 5.24. The third-order valence-corrected chi connectivity index (χ3v) is 8.38. The summed E-state index contributed by atoms with van der Waals surface area (Å²) in [6.07, 6.45) is -9.58. The SMILES string of the molecule is Nc1nc2c(ncn2[C@@H]2O[C@@H]3C(O)[C@]3(O)C2OP(=O)(O)OC[C@H]2O[C@@H](n3cnc4c(=O)[nH]cnc43)[C@@H](F)[C@@H]2O)c(=O)[nH]1. The van der Waals surface area contributed by atoms with Crippen molar-refractivity contribution < 1.29 is 47.7 Å². The van der Waals surface area contributed by atoms with Crippen molar-refractivity contribution in [2.45, 2.75) is 54.7 Å². The monoisotopic (exact) mass is 613 g/mol. The Balaban J connectivity index is 1.10. The van der Waals surface area contributed by atoms with Gasteiger partial charge in [0.1, 0.15) is 30.5 Å². The fourth-order valence-corrected chi connectivity index (χ4v) is 6.20. The van der Waals surface area contributed by atoms with E-state index >= 15 is 4.39 Å². The van der Waals surface area contributed by atoms with Gasteiger partial charge in [0.2, 0.25) is 5.95 Å². The zero-order chi connectivity index (χ0) is 29.7. The van der Waals surface area contributed by atoms with Gasteiger partial charge in [-0.15, -0.1) is 0 Å². The number of aromatic amines is 2. The van der Waals surface area contributed by atoms with Crippen LogP contribution >= 0.6 is 7.82 Å². The number of rotatable bonds is 7. The van der Waals surface area contributed by atoms with Gasteiger partial charge in [0.05, 0.1) is 25.6 Å². The van der Waals surface area contributed by atoms with Gasteiger partial charge in [-0.1, -0.05) is 0 Å². The molecular weight excluding hydrogens is 592 g/mol. The number of phosphoric acid groups is 1. The normalized spacial score (nSPS) is 35.5. The van der Waals surface area contributed by atoms with Gasteiger partial charge in [0, 0.05) is 0 Å². The summed E-state index contributed by atoms with van der Waals surface area (Å²) in [6.45, 7) is -0.864. The molecule has 42 heavy (non-hydrogen) atoms. The van der Waals surface area contributed by atoms with Crippen LogP contribution < -0.4 is 16.9 Å². The first-order valence-corrected chi connectivity index (χ1v) is 13.7. The molecule has 1 saturated carbocycles. The number of anilines is 1. The predicted molar refractivity (Wildman–Crippen MR) is 131 cm³/mol. The third kappa shape index (κ3) is 3.94. The first-order valence-electron chi connectivity index (χ1n) is 12.2. The van der Waals surface area contributed by atoms with Crippen LogP contribution in [0, 0.1) is 0 Å². The highest BCUT2D eigenvalue weighted by atomic mass is 31.2. The van der Waals surface area contributed by atoms with Crippen LogP contribution in [0.3, 0.4) is 0 Å². The predicted octanol–water partition coefficient (Wildman–Crippen LogP) is -3.06. The number of nitrogens with one attached hydrogen (secondary N) is 2. The number of nitrogens with two attached hydrogens (primary N) is 1. The average Bonchev–Trinajstić information content (AvgIpc) is 3.47. The number of nitrogens with zero attached hydrogens (tertiary/aromatic N) is 6. The lowest BCUT2D eigenvalue weighted by Crippen LogP contribution is -2.39. The third-order valence-electron chi connectivity index (χ3n) is 7.41. The highest BCUT2D eigenvalue weighted by Crippen LogP contribution is 2.60. The molecule has 4 aromatic heterocycles. The molecule has 0 radical (unpaired) electrons. The average molecular weight is 613 g/mol.